The molecule has 0 saturated carbocycles. The van der Waals surface area contributed by atoms with E-state index in [1.54, 1.807) is 19.1 Å². The van der Waals surface area contributed by atoms with Gasteiger partial charge in [-0.15, -0.1) is 0 Å². The number of sulfonamides is 1. The number of aliphatic hydroxyl groups is 4. The van der Waals surface area contributed by atoms with Gasteiger partial charge in [0, 0.05) is 0 Å². The normalized spacial score (nSPS) is 32.9. The Bertz CT molecular complexity index is 601. The zero-order valence-corrected chi connectivity index (χ0v) is 12.6. The number of rotatable bonds is 4. The Balaban J connectivity index is 2.19. The van der Waals surface area contributed by atoms with Gasteiger partial charge in [0.05, 0.1) is 11.5 Å². The molecule has 22 heavy (non-hydrogen) atoms. The zero-order valence-electron chi connectivity index (χ0n) is 11.8. The van der Waals surface area contributed by atoms with Crippen molar-refractivity contribution in [2.24, 2.45) is 0 Å². The standard InChI is InChI=1S/C13H19NO7S/c1-7-2-4-8(5-3-7)22(19,20)14-13-12(18)11(17)10(16)9(6-15)21-13/h2-5,9-18H,6H2,1H3/t9-,10+,11+,12-,13-/m1/s1. The van der Waals surface area contributed by atoms with Gasteiger partial charge in [0.25, 0.3) is 0 Å². The number of hydrogen-bond acceptors (Lipinski definition) is 7. The lowest BCUT2D eigenvalue weighted by Crippen LogP contribution is -2.63. The van der Waals surface area contributed by atoms with Gasteiger partial charge >= 0.3 is 0 Å². The highest BCUT2D eigenvalue weighted by molar-refractivity contribution is 7.89. The number of aliphatic hydroxyl groups excluding tert-OH is 4. The largest absolute Gasteiger partial charge is 0.394 e. The van der Waals surface area contributed by atoms with E-state index in [1.807, 2.05) is 0 Å². The van der Waals surface area contributed by atoms with Crippen molar-refractivity contribution < 1.29 is 33.6 Å². The van der Waals surface area contributed by atoms with Crippen LogP contribution in [-0.2, 0) is 14.8 Å². The molecular weight excluding hydrogens is 314 g/mol. The monoisotopic (exact) mass is 333 g/mol. The smallest absolute Gasteiger partial charge is 0.242 e. The van der Waals surface area contributed by atoms with Gasteiger partial charge in [-0.1, -0.05) is 17.7 Å². The molecule has 8 nitrogen and oxygen atoms in total. The SMILES string of the molecule is Cc1ccc(S(=O)(=O)N[C@@H]2O[C@H](CO)[C@H](O)[C@H](O)[C@H]2O)cc1. The fourth-order valence-electron chi connectivity index (χ4n) is 2.14. The highest BCUT2D eigenvalue weighted by Gasteiger charge is 2.44. The van der Waals surface area contributed by atoms with E-state index in [-0.39, 0.29) is 4.90 Å². The fraction of sp³-hybridized carbons (Fsp3) is 0.538. The lowest BCUT2D eigenvalue weighted by molar-refractivity contribution is -0.231. The molecule has 0 spiro atoms. The molecule has 124 valence electrons. The van der Waals surface area contributed by atoms with Gasteiger partial charge in [-0.2, -0.15) is 4.72 Å². The van der Waals surface area contributed by atoms with Crippen molar-refractivity contribution in [3.8, 4) is 0 Å². The van der Waals surface area contributed by atoms with E-state index < -0.39 is 47.3 Å². The van der Waals surface area contributed by atoms with Crippen LogP contribution in [0.2, 0.25) is 0 Å². The second-order valence-corrected chi connectivity index (χ2v) is 6.90. The van der Waals surface area contributed by atoms with E-state index in [9.17, 15) is 23.7 Å². The Labute approximate surface area is 128 Å². The van der Waals surface area contributed by atoms with Crippen LogP contribution in [0, 0.1) is 6.92 Å². The van der Waals surface area contributed by atoms with Crippen molar-refractivity contribution in [2.45, 2.75) is 42.5 Å². The van der Waals surface area contributed by atoms with Crippen molar-refractivity contribution in [2.75, 3.05) is 6.61 Å². The quantitative estimate of drug-likeness (QED) is 0.433. The summed E-state index contributed by atoms with van der Waals surface area (Å²) in [7, 11) is -3.99. The third-order valence-electron chi connectivity index (χ3n) is 3.49. The summed E-state index contributed by atoms with van der Waals surface area (Å²) in [6.07, 6.45) is -7.51. The van der Waals surface area contributed by atoms with E-state index >= 15 is 0 Å². The van der Waals surface area contributed by atoms with Crippen LogP contribution in [0.15, 0.2) is 29.2 Å². The summed E-state index contributed by atoms with van der Waals surface area (Å²) in [5.41, 5.74) is 0.881. The third kappa shape index (κ3) is 3.46. The van der Waals surface area contributed by atoms with Gasteiger partial charge in [-0.05, 0) is 19.1 Å². The van der Waals surface area contributed by atoms with Crippen molar-refractivity contribution in [1.82, 2.24) is 4.72 Å². The van der Waals surface area contributed by atoms with E-state index in [4.69, 9.17) is 9.84 Å². The number of ether oxygens (including phenoxy) is 1. The molecule has 1 aliphatic rings. The summed E-state index contributed by atoms with van der Waals surface area (Å²) in [6, 6.07) is 6.01. The lowest BCUT2D eigenvalue weighted by atomic mass is 9.99. The minimum Gasteiger partial charge on any atom is -0.394 e. The minimum atomic E-state index is -3.99. The van der Waals surface area contributed by atoms with Gasteiger partial charge in [0.2, 0.25) is 10.0 Å². The molecule has 1 aliphatic heterocycles. The van der Waals surface area contributed by atoms with Crippen LogP contribution in [0.1, 0.15) is 5.56 Å². The molecule has 2 rings (SSSR count). The molecule has 0 radical (unpaired) electrons. The maximum absolute atomic E-state index is 12.2. The van der Waals surface area contributed by atoms with Crippen molar-refractivity contribution in [1.29, 1.82) is 0 Å². The van der Waals surface area contributed by atoms with Crippen LogP contribution < -0.4 is 4.72 Å². The van der Waals surface area contributed by atoms with Crippen LogP contribution in [0.5, 0.6) is 0 Å². The van der Waals surface area contributed by atoms with Gasteiger partial charge in [0.1, 0.15) is 24.4 Å². The van der Waals surface area contributed by atoms with Crippen molar-refractivity contribution in [3.63, 3.8) is 0 Å². The number of hydrogen-bond donors (Lipinski definition) is 5. The Morgan fingerprint density at radius 1 is 1.09 bits per heavy atom. The molecule has 5 N–H and O–H groups in total. The van der Waals surface area contributed by atoms with E-state index in [1.165, 1.54) is 12.1 Å². The van der Waals surface area contributed by atoms with Crippen molar-refractivity contribution in [3.05, 3.63) is 29.8 Å². The van der Waals surface area contributed by atoms with Gasteiger partial charge in [0.15, 0.2) is 6.23 Å². The molecule has 1 aromatic carbocycles. The molecule has 5 atom stereocenters. The second-order valence-electron chi connectivity index (χ2n) is 5.18. The molecule has 9 heteroatoms. The highest BCUT2D eigenvalue weighted by atomic mass is 32.2. The van der Waals surface area contributed by atoms with Crippen LogP contribution in [0.3, 0.4) is 0 Å². The molecule has 1 saturated heterocycles. The fourth-order valence-corrected chi connectivity index (χ4v) is 3.27. The van der Waals surface area contributed by atoms with Crippen LogP contribution in [0.4, 0.5) is 0 Å². The molecular formula is C13H19NO7S. The maximum Gasteiger partial charge on any atom is 0.242 e. The first-order valence-corrected chi connectivity index (χ1v) is 8.14. The summed E-state index contributed by atoms with van der Waals surface area (Å²) in [5, 5.41) is 38.2. The summed E-state index contributed by atoms with van der Waals surface area (Å²) in [4.78, 5) is -0.0324. The number of benzene rings is 1. The van der Waals surface area contributed by atoms with Crippen LogP contribution >= 0.6 is 0 Å². The topological polar surface area (TPSA) is 136 Å². The molecule has 0 aliphatic carbocycles. The van der Waals surface area contributed by atoms with E-state index in [0.29, 0.717) is 0 Å². The Hall–Kier alpha value is -1.07. The van der Waals surface area contributed by atoms with Crippen LogP contribution in [0.25, 0.3) is 0 Å². The van der Waals surface area contributed by atoms with Crippen molar-refractivity contribution >= 4 is 10.0 Å². The summed E-state index contributed by atoms with van der Waals surface area (Å²) < 4.78 is 31.7. The van der Waals surface area contributed by atoms with Crippen LogP contribution in [-0.4, -0.2) is 66.1 Å². The molecule has 1 heterocycles. The first-order chi connectivity index (χ1) is 10.3. The summed E-state index contributed by atoms with van der Waals surface area (Å²) >= 11 is 0. The predicted octanol–water partition coefficient (Wildman–Crippen LogP) is -1.93. The lowest BCUT2D eigenvalue weighted by Gasteiger charge is -2.39. The maximum atomic E-state index is 12.2. The van der Waals surface area contributed by atoms with E-state index in [2.05, 4.69) is 4.72 Å². The average molecular weight is 333 g/mol. The van der Waals surface area contributed by atoms with Gasteiger partial charge in [-0.3, -0.25) is 0 Å². The molecule has 0 bridgehead atoms. The van der Waals surface area contributed by atoms with E-state index in [0.717, 1.165) is 5.56 Å². The van der Waals surface area contributed by atoms with Gasteiger partial charge in [-0.25, -0.2) is 8.42 Å². The minimum absolute atomic E-state index is 0.0324. The number of aryl methyl sites for hydroxylation is 1. The molecule has 0 aromatic heterocycles. The first-order valence-electron chi connectivity index (χ1n) is 6.66. The first kappa shape index (κ1) is 17.3. The Morgan fingerprint density at radius 3 is 2.23 bits per heavy atom. The number of nitrogens with one attached hydrogen (secondary N) is 1. The molecule has 1 aromatic rings. The molecule has 0 amide bonds. The third-order valence-corrected chi connectivity index (χ3v) is 4.93. The highest BCUT2D eigenvalue weighted by Crippen LogP contribution is 2.21. The summed E-state index contributed by atoms with van der Waals surface area (Å²) in [6.45, 7) is 1.18. The molecule has 0 unspecified atom stereocenters. The second kappa shape index (κ2) is 6.59. The average Bonchev–Trinajstić information content (AvgIpc) is 2.48. The Kier molecular flexibility index (Phi) is 5.17. The predicted molar refractivity (Wildman–Crippen MR) is 75.3 cm³/mol. The van der Waals surface area contributed by atoms with Gasteiger partial charge < -0.3 is 25.2 Å². The summed E-state index contributed by atoms with van der Waals surface area (Å²) in [5.74, 6) is 0. The zero-order chi connectivity index (χ0) is 16.5. The molecule has 1 fully saturated rings. The Morgan fingerprint density at radius 2 is 1.68 bits per heavy atom.